The predicted molar refractivity (Wildman–Crippen MR) is 94.8 cm³/mol. The second-order valence-electron chi connectivity index (χ2n) is 6.10. The van der Waals surface area contributed by atoms with E-state index < -0.39 is 0 Å². The molecule has 0 atom stereocenters. The van der Waals surface area contributed by atoms with Crippen molar-refractivity contribution in [2.24, 2.45) is 0 Å². The van der Waals surface area contributed by atoms with Crippen LogP contribution in [0.4, 0.5) is 5.69 Å². The number of anilines is 1. The summed E-state index contributed by atoms with van der Waals surface area (Å²) in [7, 11) is 4.04. The van der Waals surface area contributed by atoms with Crippen LogP contribution in [0.2, 0.25) is 0 Å². The Morgan fingerprint density at radius 2 is 2.00 bits per heavy atom. The summed E-state index contributed by atoms with van der Waals surface area (Å²) in [4.78, 5) is 17.9. The van der Waals surface area contributed by atoms with Gasteiger partial charge in [-0.15, -0.1) is 0 Å². The number of aromatic amines is 1. The molecule has 0 bridgehead atoms. The van der Waals surface area contributed by atoms with E-state index in [0.29, 0.717) is 5.56 Å². The van der Waals surface area contributed by atoms with E-state index in [-0.39, 0.29) is 5.91 Å². The first-order chi connectivity index (χ1) is 11.0. The summed E-state index contributed by atoms with van der Waals surface area (Å²) in [5, 5.41) is 4.09. The maximum Gasteiger partial charge on any atom is 0.257 e. The average molecular weight is 307 g/mol. The van der Waals surface area contributed by atoms with Crippen LogP contribution in [-0.4, -0.2) is 29.9 Å². The lowest BCUT2D eigenvalue weighted by Gasteiger charge is -2.16. The van der Waals surface area contributed by atoms with Gasteiger partial charge in [-0.3, -0.25) is 4.79 Å². The Hall–Kier alpha value is -2.59. The van der Waals surface area contributed by atoms with Crippen molar-refractivity contribution in [1.82, 2.24) is 9.88 Å². The van der Waals surface area contributed by atoms with Crippen LogP contribution in [0, 0.1) is 6.92 Å². The number of hydrogen-bond acceptors (Lipinski definition) is 2. The third-order valence-corrected chi connectivity index (χ3v) is 3.83. The van der Waals surface area contributed by atoms with Crippen molar-refractivity contribution in [1.29, 1.82) is 0 Å². The molecular formula is C19H21N3O. The zero-order valence-electron chi connectivity index (χ0n) is 13.7. The van der Waals surface area contributed by atoms with E-state index >= 15 is 0 Å². The molecule has 0 saturated heterocycles. The molecule has 0 aliphatic carbocycles. The minimum absolute atomic E-state index is 0.0955. The first-order valence-electron chi connectivity index (χ1n) is 7.66. The van der Waals surface area contributed by atoms with Gasteiger partial charge in [-0.25, -0.2) is 0 Å². The monoisotopic (exact) mass is 307 g/mol. The van der Waals surface area contributed by atoms with Crippen LogP contribution in [0.15, 0.2) is 48.7 Å². The van der Waals surface area contributed by atoms with Gasteiger partial charge in [0.1, 0.15) is 0 Å². The molecule has 1 heterocycles. The highest BCUT2D eigenvalue weighted by atomic mass is 16.1. The molecule has 4 heteroatoms. The highest BCUT2D eigenvalue weighted by molar-refractivity contribution is 6.12. The van der Waals surface area contributed by atoms with Crippen LogP contribution in [0.3, 0.4) is 0 Å². The van der Waals surface area contributed by atoms with Crippen molar-refractivity contribution < 1.29 is 4.79 Å². The Morgan fingerprint density at radius 3 is 2.78 bits per heavy atom. The Bertz CT molecular complexity index is 849. The molecule has 0 radical (unpaired) electrons. The highest BCUT2D eigenvalue weighted by Crippen LogP contribution is 2.22. The van der Waals surface area contributed by atoms with E-state index in [9.17, 15) is 4.79 Å². The second-order valence-corrected chi connectivity index (χ2v) is 6.10. The van der Waals surface area contributed by atoms with Crippen molar-refractivity contribution in [3.05, 3.63) is 65.4 Å². The smallest absolute Gasteiger partial charge is 0.257 e. The Morgan fingerprint density at radius 1 is 1.17 bits per heavy atom. The molecule has 118 valence electrons. The van der Waals surface area contributed by atoms with Gasteiger partial charge >= 0.3 is 0 Å². The molecule has 2 N–H and O–H groups in total. The van der Waals surface area contributed by atoms with Crippen molar-refractivity contribution in [3.63, 3.8) is 0 Å². The van der Waals surface area contributed by atoms with Crippen LogP contribution < -0.4 is 5.32 Å². The summed E-state index contributed by atoms with van der Waals surface area (Å²) < 4.78 is 0. The number of hydrogen-bond donors (Lipinski definition) is 2. The summed E-state index contributed by atoms with van der Waals surface area (Å²) >= 11 is 0. The number of aryl methyl sites for hydroxylation is 1. The molecule has 23 heavy (non-hydrogen) atoms. The van der Waals surface area contributed by atoms with Crippen molar-refractivity contribution in [2.45, 2.75) is 13.5 Å². The summed E-state index contributed by atoms with van der Waals surface area (Å²) in [6, 6.07) is 13.8. The van der Waals surface area contributed by atoms with Gasteiger partial charge in [0.25, 0.3) is 5.91 Å². The molecule has 3 rings (SSSR count). The van der Waals surface area contributed by atoms with Gasteiger partial charge in [-0.05, 0) is 44.8 Å². The first kappa shape index (κ1) is 15.3. The molecule has 0 saturated carbocycles. The first-order valence-corrected chi connectivity index (χ1v) is 7.66. The number of rotatable bonds is 4. The zero-order valence-corrected chi connectivity index (χ0v) is 13.7. The van der Waals surface area contributed by atoms with Gasteiger partial charge < -0.3 is 15.2 Å². The number of benzene rings is 2. The number of nitrogens with zero attached hydrogens (tertiary/aromatic N) is 1. The lowest BCUT2D eigenvalue weighted by Crippen LogP contribution is -2.17. The zero-order chi connectivity index (χ0) is 16.4. The molecule has 2 aromatic carbocycles. The summed E-state index contributed by atoms with van der Waals surface area (Å²) in [6.07, 6.45) is 1.85. The standard InChI is InChI=1S/C19H21N3O/c1-13-7-8-17(15(11-13)12-22(2)3)21-19(23)16-6-4-5-14-9-10-20-18(14)16/h4-11,20H,12H2,1-3H3,(H,21,23). The van der Waals surface area contributed by atoms with E-state index in [2.05, 4.69) is 28.2 Å². The van der Waals surface area contributed by atoms with Crippen LogP contribution in [0.5, 0.6) is 0 Å². The van der Waals surface area contributed by atoms with Crippen molar-refractivity contribution in [2.75, 3.05) is 19.4 Å². The molecule has 0 fully saturated rings. The Labute approximate surface area is 136 Å². The number of H-pyrrole nitrogens is 1. The number of fused-ring (bicyclic) bond motifs is 1. The summed E-state index contributed by atoms with van der Waals surface area (Å²) in [6.45, 7) is 2.84. The van der Waals surface area contributed by atoms with E-state index in [1.165, 1.54) is 5.56 Å². The fraction of sp³-hybridized carbons (Fsp3) is 0.211. The fourth-order valence-electron chi connectivity index (χ4n) is 2.78. The minimum atomic E-state index is -0.0955. The fourth-order valence-corrected chi connectivity index (χ4v) is 2.78. The SMILES string of the molecule is Cc1ccc(NC(=O)c2cccc3cc[nH]c23)c(CN(C)C)c1. The number of aromatic nitrogens is 1. The molecule has 0 aliphatic heterocycles. The van der Waals surface area contributed by atoms with Gasteiger partial charge in [0.05, 0.1) is 11.1 Å². The largest absolute Gasteiger partial charge is 0.361 e. The van der Waals surface area contributed by atoms with E-state index in [0.717, 1.165) is 28.7 Å². The molecule has 0 spiro atoms. The maximum absolute atomic E-state index is 12.7. The molecule has 1 amide bonds. The topological polar surface area (TPSA) is 48.1 Å². The lowest BCUT2D eigenvalue weighted by molar-refractivity contribution is 0.102. The average Bonchev–Trinajstić information content (AvgIpc) is 2.97. The number of nitrogens with one attached hydrogen (secondary N) is 2. The highest BCUT2D eigenvalue weighted by Gasteiger charge is 2.13. The van der Waals surface area contributed by atoms with Crippen LogP contribution >= 0.6 is 0 Å². The van der Waals surface area contributed by atoms with Crippen LogP contribution in [-0.2, 0) is 6.54 Å². The lowest BCUT2D eigenvalue weighted by atomic mass is 10.1. The molecule has 3 aromatic rings. The van der Waals surface area contributed by atoms with Crippen molar-refractivity contribution >= 4 is 22.5 Å². The van der Waals surface area contributed by atoms with Crippen LogP contribution in [0.1, 0.15) is 21.5 Å². The van der Waals surface area contributed by atoms with Gasteiger partial charge in [-0.2, -0.15) is 0 Å². The molecule has 4 nitrogen and oxygen atoms in total. The van der Waals surface area contributed by atoms with E-state index in [1.54, 1.807) is 0 Å². The Kier molecular flexibility index (Phi) is 4.17. The maximum atomic E-state index is 12.7. The van der Waals surface area contributed by atoms with Crippen molar-refractivity contribution in [3.8, 4) is 0 Å². The quantitative estimate of drug-likeness (QED) is 0.770. The van der Waals surface area contributed by atoms with Crippen LogP contribution in [0.25, 0.3) is 10.9 Å². The minimum Gasteiger partial charge on any atom is -0.361 e. The summed E-state index contributed by atoms with van der Waals surface area (Å²) in [5.41, 5.74) is 4.68. The normalized spacial score (nSPS) is 11.1. The number of carbonyl (C=O) groups excluding carboxylic acids is 1. The van der Waals surface area contributed by atoms with Gasteiger partial charge in [0, 0.05) is 23.8 Å². The second kappa shape index (κ2) is 6.26. The van der Waals surface area contributed by atoms with Gasteiger partial charge in [0.15, 0.2) is 0 Å². The van der Waals surface area contributed by atoms with Gasteiger partial charge in [-0.1, -0.05) is 29.8 Å². The molecular weight excluding hydrogens is 286 g/mol. The molecule has 0 aliphatic rings. The summed E-state index contributed by atoms with van der Waals surface area (Å²) in [5.74, 6) is -0.0955. The van der Waals surface area contributed by atoms with Gasteiger partial charge in [0.2, 0.25) is 0 Å². The number of carbonyl (C=O) groups is 1. The predicted octanol–water partition coefficient (Wildman–Crippen LogP) is 3.79. The number of para-hydroxylation sites is 1. The Balaban J connectivity index is 1.92. The number of amides is 1. The third kappa shape index (κ3) is 3.27. The third-order valence-electron chi connectivity index (χ3n) is 3.83. The van der Waals surface area contributed by atoms with E-state index in [1.807, 2.05) is 56.7 Å². The van der Waals surface area contributed by atoms with E-state index in [4.69, 9.17) is 0 Å². The molecule has 1 aromatic heterocycles. The molecule has 0 unspecified atom stereocenters.